The fraction of sp³-hybridized carbons (Fsp3) is 0.143. The van der Waals surface area contributed by atoms with E-state index in [0.29, 0.717) is 42.8 Å². The first-order valence-corrected chi connectivity index (χ1v) is 11.3. The van der Waals surface area contributed by atoms with E-state index in [2.05, 4.69) is 48.1 Å². The van der Waals surface area contributed by atoms with Crippen LogP contribution in [0.4, 0.5) is 0 Å². The number of nitriles is 1. The van der Waals surface area contributed by atoms with E-state index in [1.165, 1.54) is 0 Å². The van der Waals surface area contributed by atoms with E-state index >= 15 is 0 Å². The molecule has 0 saturated carbocycles. The molecule has 10 heteroatoms. The number of benzene rings is 2. The van der Waals surface area contributed by atoms with Crippen molar-refractivity contribution in [2.45, 2.75) is 19.4 Å². The van der Waals surface area contributed by atoms with Crippen molar-refractivity contribution in [3.05, 3.63) is 83.2 Å². The molecule has 4 rings (SSSR count). The van der Waals surface area contributed by atoms with Gasteiger partial charge in [0.25, 0.3) is 0 Å². The number of aromatic amines is 1. The zero-order valence-corrected chi connectivity index (χ0v) is 20.7. The van der Waals surface area contributed by atoms with E-state index in [4.69, 9.17) is 38.4 Å². The number of aromatic nitrogens is 2. The highest BCUT2D eigenvalue weighted by molar-refractivity contribution is 9.11. The third-order valence-corrected chi connectivity index (χ3v) is 6.77. The Morgan fingerprint density at radius 3 is 2.58 bits per heavy atom. The van der Waals surface area contributed by atoms with Crippen LogP contribution in [-0.2, 0) is 6.61 Å². The predicted molar refractivity (Wildman–Crippen MR) is 125 cm³/mol. The van der Waals surface area contributed by atoms with Crippen molar-refractivity contribution in [2.24, 2.45) is 5.73 Å². The van der Waals surface area contributed by atoms with Crippen LogP contribution in [-0.4, -0.2) is 10.2 Å². The van der Waals surface area contributed by atoms with Crippen LogP contribution >= 0.6 is 55.1 Å². The summed E-state index contributed by atoms with van der Waals surface area (Å²) in [4.78, 5) is 0. The zero-order valence-electron chi connectivity index (χ0n) is 16.0. The average molecular weight is 585 g/mol. The van der Waals surface area contributed by atoms with Crippen LogP contribution in [0.1, 0.15) is 28.3 Å². The van der Waals surface area contributed by atoms with Gasteiger partial charge in [-0.05, 0) is 74.2 Å². The summed E-state index contributed by atoms with van der Waals surface area (Å²) in [5.41, 5.74) is 9.59. The topological polar surface area (TPSA) is 97.0 Å². The second-order valence-electron chi connectivity index (χ2n) is 6.84. The van der Waals surface area contributed by atoms with E-state index < -0.39 is 5.92 Å². The molecule has 6 nitrogen and oxygen atoms in total. The first kappa shape index (κ1) is 22.0. The number of ether oxygens (including phenoxy) is 2. The molecule has 0 bridgehead atoms. The van der Waals surface area contributed by atoms with Gasteiger partial charge in [-0.1, -0.05) is 29.3 Å². The molecule has 0 fully saturated rings. The number of allylic oxidation sites excluding steroid dienone is 1. The van der Waals surface area contributed by atoms with Crippen molar-refractivity contribution < 1.29 is 9.47 Å². The van der Waals surface area contributed by atoms with Crippen molar-refractivity contribution in [3.63, 3.8) is 0 Å². The first-order valence-electron chi connectivity index (χ1n) is 8.98. The molecule has 2 heterocycles. The monoisotopic (exact) mass is 582 g/mol. The molecule has 0 spiro atoms. The van der Waals surface area contributed by atoms with Crippen LogP contribution in [0.5, 0.6) is 11.6 Å². The number of nitrogens with one attached hydrogen (secondary N) is 1. The lowest BCUT2D eigenvalue weighted by Crippen LogP contribution is -2.21. The highest BCUT2D eigenvalue weighted by Gasteiger charge is 2.34. The lowest BCUT2D eigenvalue weighted by molar-refractivity contribution is 0.302. The van der Waals surface area contributed by atoms with E-state index in [1.54, 1.807) is 12.1 Å². The second kappa shape index (κ2) is 8.75. The van der Waals surface area contributed by atoms with Crippen molar-refractivity contribution in [1.82, 2.24) is 10.2 Å². The molecular weight excluding hydrogens is 571 g/mol. The molecule has 0 radical (unpaired) electrons. The van der Waals surface area contributed by atoms with Gasteiger partial charge in [0.1, 0.15) is 24.0 Å². The van der Waals surface area contributed by atoms with Crippen molar-refractivity contribution in [2.75, 3.05) is 0 Å². The lowest BCUT2D eigenvalue weighted by Gasteiger charge is -2.24. The first-order chi connectivity index (χ1) is 14.8. The summed E-state index contributed by atoms with van der Waals surface area (Å²) in [6, 6.07) is 11.3. The van der Waals surface area contributed by atoms with Gasteiger partial charge in [0, 0.05) is 11.3 Å². The minimum atomic E-state index is -0.427. The van der Waals surface area contributed by atoms with E-state index in [-0.39, 0.29) is 5.88 Å². The number of aryl methyl sites for hydroxylation is 1. The Balaban J connectivity index is 1.69. The Morgan fingerprint density at radius 2 is 1.94 bits per heavy atom. The fourth-order valence-corrected chi connectivity index (χ4v) is 5.17. The Morgan fingerprint density at radius 1 is 1.23 bits per heavy atom. The highest BCUT2D eigenvalue weighted by atomic mass is 79.9. The molecule has 31 heavy (non-hydrogen) atoms. The van der Waals surface area contributed by atoms with Crippen LogP contribution in [0.25, 0.3) is 0 Å². The van der Waals surface area contributed by atoms with Gasteiger partial charge in [-0.3, -0.25) is 5.10 Å². The van der Waals surface area contributed by atoms with Crippen LogP contribution in [0.15, 0.2) is 50.7 Å². The van der Waals surface area contributed by atoms with Crippen LogP contribution in [0.3, 0.4) is 0 Å². The summed E-state index contributed by atoms with van der Waals surface area (Å²) >= 11 is 19.2. The number of halogens is 4. The highest BCUT2D eigenvalue weighted by Crippen LogP contribution is 2.46. The van der Waals surface area contributed by atoms with Crippen molar-refractivity contribution in [3.8, 4) is 17.7 Å². The molecule has 0 aliphatic carbocycles. The van der Waals surface area contributed by atoms with Gasteiger partial charge >= 0.3 is 0 Å². The van der Waals surface area contributed by atoms with Gasteiger partial charge in [0.15, 0.2) is 0 Å². The SMILES string of the molecule is Cc1[nH]nc2c1[C@@H](c1cc(Br)c(OCc3ccc(Cl)c(Cl)c3)c(Br)c1)C(C#N)=C(N)O2. The summed E-state index contributed by atoms with van der Waals surface area (Å²) in [7, 11) is 0. The number of hydrogen-bond acceptors (Lipinski definition) is 5. The Bertz CT molecular complexity index is 1240. The Labute approximate surface area is 205 Å². The number of H-pyrrole nitrogens is 1. The van der Waals surface area contributed by atoms with Gasteiger partial charge in [-0.25, -0.2) is 0 Å². The summed E-state index contributed by atoms with van der Waals surface area (Å²) in [6.45, 7) is 2.17. The Hall–Kier alpha value is -2.18. The maximum Gasteiger partial charge on any atom is 0.244 e. The number of fused-ring (bicyclic) bond motifs is 1. The summed E-state index contributed by atoms with van der Waals surface area (Å²) in [5, 5.41) is 17.7. The van der Waals surface area contributed by atoms with Crippen molar-refractivity contribution >= 4 is 55.1 Å². The molecule has 0 unspecified atom stereocenters. The maximum absolute atomic E-state index is 9.73. The smallest absolute Gasteiger partial charge is 0.244 e. The minimum absolute atomic E-state index is 0.0405. The number of nitrogens with zero attached hydrogens (tertiary/aromatic N) is 2. The Kier molecular flexibility index (Phi) is 6.22. The number of nitrogens with two attached hydrogens (primary N) is 1. The standard InChI is InChI=1S/C21H14Br2Cl2N4O2/c1-9-17-18(12(7-26)20(27)31-21(17)29-28-9)11-5-13(22)19(14(23)6-11)30-8-10-2-3-15(24)16(25)4-10/h2-6,18H,8,27H2,1H3,(H,28,29)/t18-/m0/s1. The predicted octanol–water partition coefficient (Wildman–Crippen LogP) is 6.35. The maximum atomic E-state index is 9.73. The lowest BCUT2D eigenvalue weighted by atomic mass is 9.84. The van der Waals surface area contributed by atoms with Gasteiger partial charge in [-0.2, -0.15) is 5.26 Å². The van der Waals surface area contributed by atoms with Gasteiger partial charge < -0.3 is 15.2 Å². The van der Waals surface area contributed by atoms with Gasteiger partial charge in [-0.15, -0.1) is 5.10 Å². The van der Waals surface area contributed by atoms with Gasteiger partial charge in [0.05, 0.1) is 24.9 Å². The van der Waals surface area contributed by atoms with E-state index in [1.807, 2.05) is 25.1 Å². The van der Waals surface area contributed by atoms with E-state index in [0.717, 1.165) is 22.4 Å². The minimum Gasteiger partial charge on any atom is -0.487 e. The van der Waals surface area contributed by atoms with Crippen LogP contribution < -0.4 is 15.2 Å². The second-order valence-corrected chi connectivity index (χ2v) is 9.37. The quantitative estimate of drug-likeness (QED) is 0.373. The van der Waals surface area contributed by atoms with Gasteiger partial charge in [0.2, 0.25) is 11.8 Å². The number of rotatable bonds is 4. The average Bonchev–Trinajstić information content (AvgIpc) is 3.08. The molecule has 0 saturated heterocycles. The fourth-order valence-electron chi connectivity index (χ4n) is 3.40. The third kappa shape index (κ3) is 4.15. The molecule has 3 aromatic rings. The van der Waals surface area contributed by atoms with Crippen molar-refractivity contribution in [1.29, 1.82) is 5.26 Å². The molecule has 3 N–H and O–H groups in total. The summed E-state index contributed by atoms with van der Waals surface area (Å²) < 4.78 is 12.9. The normalized spacial score (nSPS) is 15.3. The number of hydrogen-bond donors (Lipinski definition) is 2. The molecular formula is C21H14Br2Cl2N4O2. The zero-order chi connectivity index (χ0) is 22.3. The van der Waals surface area contributed by atoms with E-state index in [9.17, 15) is 5.26 Å². The molecule has 158 valence electrons. The van der Waals surface area contributed by atoms with Crippen LogP contribution in [0, 0.1) is 18.3 Å². The largest absolute Gasteiger partial charge is 0.487 e. The molecule has 1 aliphatic rings. The summed E-state index contributed by atoms with van der Waals surface area (Å²) in [5.74, 6) is 0.593. The molecule has 1 aliphatic heterocycles. The molecule has 1 aromatic heterocycles. The summed E-state index contributed by atoms with van der Waals surface area (Å²) in [6.07, 6.45) is 0. The molecule has 2 aromatic carbocycles. The molecule has 0 amide bonds. The third-order valence-electron chi connectivity index (χ3n) is 4.85. The van der Waals surface area contributed by atoms with Crippen LogP contribution in [0.2, 0.25) is 10.0 Å². The molecule has 1 atom stereocenters.